The van der Waals surface area contributed by atoms with E-state index in [0.717, 1.165) is 0 Å². The van der Waals surface area contributed by atoms with Crippen LogP contribution in [0.25, 0.3) is 0 Å². The highest BCUT2D eigenvalue weighted by molar-refractivity contribution is 9.10. The number of hydrogen-bond donors (Lipinski definition) is 2. The molecule has 5 nitrogen and oxygen atoms in total. The predicted octanol–water partition coefficient (Wildman–Crippen LogP) is 2.25. The monoisotopic (exact) mass is 351 g/mol. The summed E-state index contributed by atoms with van der Waals surface area (Å²) in [6.07, 6.45) is 0. The fraction of sp³-hybridized carbons (Fsp3) is 0.667. The van der Waals surface area contributed by atoms with Gasteiger partial charge in [-0.25, -0.2) is 13.1 Å². The zero-order valence-corrected chi connectivity index (χ0v) is 13.7. The molecule has 1 heterocycles. The number of halogens is 1. The van der Waals surface area contributed by atoms with Gasteiger partial charge in [-0.15, -0.1) is 0 Å². The van der Waals surface area contributed by atoms with E-state index >= 15 is 0 Å². The average molecular weight is 352 g/mol. The quantitative estimate of drug-likeness (QED) is 0.871. The summed E-state index contributed by atoms with van der Waals surface area (Å²) < 4.78 is 32.6. The topological polar surface area (TPSA) is 79.5 Å². The molecule has 0 aromatic carbocycles. The minimum atomic E-state index is -3.66. The summed E-state index contributed by atoms with van der Waals surface area (Å²) in [6.45, 7) is 7.79. The van der Waals surface area contributed by atoms with Crippen LogP contribution < -0.4 is 4.72 Å². The second-order valence-electron chi connectivity index (χ2n) is 6.01. The Labute approximate surface area is 121 Å². The molecule has 108 valence electrons. The van der Waals surface area contributed by atoms with Crippen molar-refractivity contribution >= 4 is 26.0 Å². The molecular formula is C12H18BrNO4S. The van der Waals surface area contributed by atoms with E-state index in [1.165, 1.54) is 6.07 Å². The third-order valence-electron chi connectivity index (χ3n) is 4.45. The molecule has 1 aliphatic carbocycles. The minimum Gasteiger partial charge on any atom is -0.450 e. The Morgan fingerprint density at radius 2 is 1.89 bits per heavy atom. The molecule has 1 aliphatic rings. The predicted molar refractivity (Wildman–Crippen MR) is 74.0 cm³/mol. The van der Waals surface area contributed by atoms with Gasteiger partial charge < -0.3 is 9.52 Å². The summed E-state index contributed by atoms with van der Waals surface area (Å²) in [5, 5.41) is 8.97. The maximum Gasteiger partial charge on any atom is 0.245 e. The highest BCUT2D eigenvalue weighted by atomic mass is 79.9. The van der Waals surface area contributed by atoms with Gasteiger partial charge in [0.25, 0.3) is 0 Å². The van der Waals surface area contributed by atoms with E-state index in [1.807, 2.05) is 27.7 Å². The molecule has 0 amide bonds. The zero-order valence-electron chi connectivity index (χ0n) is 11.3. The summed E-state index contributed by atoms with van der Waals surface area (Å²) in [4.78, 5) is 0.0232. The van der Waals surface area contributed by atoms with Crippen molar-refractivity contribution in [2.24, 2.45) is 10.8 Å². The molecule has 19 heavy (non-hydrogen) atoms. The smallest absolute Gasteiger partial charge is 0.245 e. The van der Waals surface area contributed by atoms with E-state index in [9.17, 15) is 8.42 Å². The van der Waals surface area contributed by atoms with Crippen molar-refractivity contribution < 1.29 is 17.9 Å². The lowest BCUT2D eigenvalue weighted by Gasteiger charge is -2.06. The van der Waals surface area contributed by atoms with Crippen molar-refractivity contribution in [1.82, 2.24) is 4.72 Å². The van der Waals surface area contributed by atoms with E-state index in [-0.39, 0.29) is 38.8 Å². The van der Waals surface area contributed by atoms with E-state index in [1.54, 1.807) is 0 Å². The summed E-state index contributed by atoms with van der Waals surface area (Å²) >= 11 is 3.06. The van der Waals surface area contributed by atoms with Gasteiger partial charge >= 0.3 is 0 Å². The Hall–Kier alpha value is -0.370. The van der Waals surface area contributed by atoms with Crippen LogP contribution in [0.4, 0.5) is 0 Å². The third kappa shape index (κ3) is 2.26. The van der Waals surface area contributed by atoms with Crippen LogP contribution in [-0.4, -0.2) is 19.6 Å². The van der Waals surface area contributed by atoms with Crippen LogP contribution in [0.5, 0.6) is 0 Å². The molecule has 0 saturated heterocycles. The first kappa shape index (κ1) is 15.0. The van der Waals surface area contributed by atoms with Gasteiger partial charge in [-0.05, 0) is 26.8 Å². The Balaban J connectivity index is 2.27. The number of hydrogen-bond acceptors (Lipinski definition) is 4. The maximum absolute atomic E-state index is 12.3. The Bertz CT molecular complexity index is 589. The molecule has 0 unspecified atom stereocenters. The normalized spacial score (nSPS) is 21.6. The number of sulfonamides is 1. The lowest BCUT2D eigenvalue weighted by atomic mass is 10.0. The summed E-state index contributed by atoms with van der Waals surface area (Å²) in [5.74, 6) is 0.210. The first-order valence-electron chi connectivity index (χ1n) is 5.95. The molecule has 0 radical (unpaired) electrons. The van der Waals surface area contributed by atoms with Crippen molar-refractivity contribution in [3.05, 3.63) is 16.5 Å². The third-order valence-corrected chi connectivity index (χ3v) is 6.73. The van der Waals surface area contributed by atoms with Crippen LogP contribution in [-0.2, 0) is 16.6 Å². The van der Waals surface area contributed by atoms with E-state index < -0.39 is 10.0 Å². The van der Waals surface area contributed by atoms with Gasteiger partial charge in [-0.1, -0.05) is 27.7 Å². The molecule has 1 fully saturated rings. The Morgan fingerprint density at radius 3 is 2.26 bits per heavy atom. The molecule has 0 atom stereocenters. The molecule has 0 aliphatic heterocycles. The highest BCUT2D eigenvalue weighted by Crippen LogP contribution is 2.63. The molecule has 1 aromatic rings. The van der Waals surface area contributed by atoms with E-state index in [4.69, 9.17) is 9.52 Å². The van der Waals surface area contributed by atoms with Gasteiger partial charge in [0.1, 0.15) is 17.3 Å². The van der Waals surface area contributed by atoms with E-state index in [0.29, 0.717) is 0 Å². The molecule has 7 heteroatoms. The van der Waals surface area contributed by atoms with Crippen LogP contribution in [0.3, 0.4) is 0 Å². The van der Waals surface area contributed by atoms with Gasteiger partial charge in [0.05, 0.1) is 0 Å². The average Bonchev–Trinajstić information content (AvgIpc) is 2.66. The molecule has 1 aromatic heterocycles. The van der Waals surface area contributed by atoms with Crippen LogP contribution >= 0.6 is 15.9 Å². The lowest BCUT2D eigenvalue weighted by Crippen LogP contribution is -2.29. The molecule has 1 saturated carbocycles. The van der Waals surface area contributed by atoms with Gasteiger partial charge in [-0.3, -0.25) is 0 Å². The highest BCUT2D eigenvalue weighted by Gasteiger charge is 2.66. The van der Waals surface area contributed by atoms with Crippen molar-refractivity contribution in [2.45, 2.75) is 45.2 Å². The van der Waals surface area contributed by atoms with Gasteiger partial charge in [0.2, 0.25) is 10.0 Å². The van der Waals surface area contributed by atoms with Crippen LogP contribution in [0, 0.1) is 10.8 Å². The van der Waals surface area contributed by atoms with Gasteiger partial charge in [0.15, 0.2) is 4.67 Å². The Morgan fingerprint density at radius 1 is 1.37 bits per heavy atom. The number of nitrogens with one attached hydrogen (secondary N) is 1. The molecule has 2 rings (SSSR count). The first-order valence-corrected chi connectivity index (χ1v) is 8.23. The Kier molecular flexibility index (Phi) is 3.41. The van der Waals surface area contributed by atoms with Gasteiger partial charge in [-0.2, -0.15) is 0 Å². The zero-order chi connectivity index (χ0) is 14.6. The van der Waals surface area contributed by atoms with Crippen LogP contribution in [0.15, 0.2) is 20.0 Å². The molecule has 0 bridgehead atoms. The van der Waals surface area contributed by atoms with Crippen molar-refractivity contribution in [1.29, 1.82) is 0 Å². The molecule has 2 N–H and O–H groups in total. The number of aliphatic hydroxyl groups excluding tert-OH is 1. The largest absolute Gasteiger partial charge is 0.450 e. The summed E-state index contributed by atoms with van der Waals surface area (Å²) in [5.41, 5.74) is -0.174. The van der Waals surface area contributed by atoms with Crippen molar-refractivity contribution in [3.63, 3.8) is 0 Å². The lowest BCUT2D eigenvalue weighted by molar-refractivity contribution is 0.245. The number of rotatable bonds is 4. The van der Waals surface area contributed by atoms with Crippen molar-refractivity contribution in [3.8, 4) is 0 Å². The first-order chi connectivity index (χ1) is 8.54. The second-order valence-corrected chi connectivity index (χ2v) is 8.41. The van der Waals surface area contributed by atoms with Gasteiger partial charge in [0, 0.05) is 12.1 Å². The fourth-order valence-corrected chi connectivity index (χ4v) is 4.90. The standard InChI is InChI=1S/C12H18BrNO4S/c1-11(2)10(12(11,3)4)14-19(16,17)8-5-7(6-15)18-9(8)13/h5,10,14-15H,6H2,1-4H3. The SMILES string of the molecule is CC1(C)C(NS(=O)(=O)c2cc(CO)oc2Br)C1(C)C. The molecular weight excluding hydrogens is 334 g/mol. The maximum atomic E-state index is 12.3. The summed E-state index contributed by atoms with van der Waals surface area (Å²) in [7, 11) is -3.66. The minimum absolute atomic E-state index is 0.0232. The fourth-order valence-electron chi connectivity index (χ4n) is 2.37. The number of aliphatic hydroxyl groups is 1. The molecule has 0 spiro atoms. The van der Waals surface area contributed by atoms with Crippen molar-refractivity contribution in [2.75, 3.05) is 0 Å². The second kappa shape index (κ2) is 4.31. The summed E-state index contributed by atoms with van der Waals surface area (Å²) in [6, 6.07) is 1.21. The van der Waals surface area contributed by atoms with E-state index in [2.05, 4.69) is 20.7 Å². The number of furan rings is 1. The van der Waals surface area contributed by atoms with Crippen LogP contribution in [0.2, 0.25) is 0 Å². The van der Waals surface area contributed by atoms with Crippen LogP contribution in [0.1, 0.15) is 33.5 Å².